The Morgan fingerprint density at radius 1 is 1.00 bits per heavy atom. The van der Waals surface area contributed by atoms with Gasteiger partial charge in [0.25, 0.3) is 0 Å². The predicted molar refractivity (Wildman–Crippen MR) is 95.5 cm³/mol. The number of rotatable bonds is 8. The van der Waals surface area contributed by atoms with Crippen LogP contribution in [0.4, 0.5) is 0 Å². The average Bonchev–Trinajstić information content (AvgIpc) is 2.57. The third kappa shape index (κ3) is 5.01. The first kappa shape index (κ1) is 17.9. The van der Waals surface area contributed by atoms with Crippen molar-refractivity contribution in [3.05, 3.63) is 59.7 Å². The lowest BCUT2D eigenvalue weighted by molar-refractivity contribution is -0.121. The Morgan fingerprint density at radius 2 is 1.67 bits per heavy atom. The van der Waals surface area contributed by atoms with E-state index in [9.17, 15) is 4.79 Å². The fraction of sp³-hybridized carbons (Fsp3) is 0.350. The zero-order chi connectivity index (χ0) is 17.4. The van der Waals surface area contributed by atoms with Crippen molar-refractivity contribution in [2.75, 3.05) is 13.2 Å². The van der Waals surface area contributed by atoms with Gasteiger partial charge in [0.05, 0.1) is 25.7 Å². The number of nitrogens with one attached hydrogen (secondary N) is 1. The van der Waals surface area contributed by atoms with E-state index in [1.165, 1.54) is 0 Å². The van der Waals surface area contributed by atoms with Crippen LogP contribution in [0.15, 0.2) is 48.5 Å². The fourth-order valence-electron chi connectivity index (χ4n) is 2.49. The summed E-state index contributed by atoms with van der Waals surface area (Å²) in [4.78, 5) is 12.2. The predicted octanol–water partition coefficient (Wildman–Crippen LogP) is 3.90. The SMILES string of the molecule is CCOc1ccc([C@@H](C)NC(=O)Cc2ccccc2)cc1OCC. The van der Waals surface area contributed by atoms with E-state index in [1.54, 1.807) is 0 Å². The van der Waals surface area contributed by atoms with Crippen molar-refractivity contribution in [1.29, 1.82) is 0 Å². The van der Waals surface area contributed by atoms with Gasteiger partial charge < -0.3 is 14.8 Å². The smallest absolute Gasteiger partial charge is 0.224 e. The van der Waals surface area contributed by atoms with Crippen LogP contribution in [0.1, 0.15) is 37.9 Å². The Labute approximate surface area is 143 Å². The molecule has 4 nitrogen and oxygen atoms in total. The molecular formula is C20H25NO3. The Balaban J connectivity index is 2.04. The Hall–Kier alpha value is -2.49. The highest BCUT2D eigenvalue weighted by molar-refractivity contribution is 5.79. The first-order chi connectivity index (χ1) is 11.6. The minimum absolute atomic E-state index is 0.000504. The lowest BCUT2D eigenvalue weighted by Crippen LogP contribution is -2.28. The maximum atomic E-state index is 12.2. The van der Waals surface area contributed by atoms with E-state index in [1.807, 2.05) is 69.3 Å². The molecule has 0 heterocycles. The minimum Gasteiger partial charge on any atom is -0.490 e. The van der Waals surface area contributed by atoms with Gasteiger partial charge in [0, 0.05) is 0 Å². The van der Waals surface area contributed by atoms with Crippen LogP contribution in [0.2, 0.25) is 0 Å². The molecule has 0 saturated heterocycles. The van der Waals surface area contributed by atoms with Gasteiger partial charge in [0.2, 0.25) is 5.91 Å². The second kappa shape index (κ2) is 8.96. The zero-order valence-corrected chi connectivity index (χ0v) is 14.5. The molecule has 0 aliphatic rings. The van der Waals surface area contributed by atoms with Crippen molar-refractivity contribution in [1.82, 2.24) is 5.32 Å². The van der Waals surface area contributed by atoms with Crippen LogP contribution >= 0.6 is 0 Å². The molecule has 128 valence electrons. The van der Waals surface area contributed by atoms with Gasteiger partial charge in [-0.3, -0.25) is 4.79 Å². The highest BCUT2D eigenvalue weighted by Crippen LogP contribution is 2.30. The number of hydrogen-bond acceptors (Lipinski definition) is 3. The standard InChI is InChI=1S/C20H25NO3/c1-4-23-18-12-11-17(14-19(18)24-5-2)15(3)21-20(22)13-16-9-7-6-8-10-16/h6-12,14-15H,4-5,13H2,1-3H3,(H,21,22)/t15-/m1/s1. The summed E-state index contributed by atoms with van der Waals surface area (Å²) in [5.74, 6) is 1.44. The number of carbonyl (C=O) groups excluding carboxylic acids is 1. The number of benzene rings is 2. The summed E-state index contributed by atoms with van der Waals surface area (Å²) >= 11 is 0. The summed E-state index contributed by atoms with van der Waals surface area (Å²) in [6, 6.07) is 15.4. The van der Waals surface area contributed by atoms with E-state index in [4.69, 9.17) is 9.47 Å². The normalized spacial score (nSPS) is 11.6. The lowest BCUT2D eigenvalue weighted by Gasteiger charge is -2.17. The van der Waals surface area contributed by atoms with E-state index in [2.05, 4.69) is 5.32 Å². The molecule has 0 saturated carbocycles. The molecule has 0 aromatic heterocycles. The van der Waals surface area contributed by atoms with Gasteiger partial charge in [-0.25, -0.2) is 0 Å². The molecule has 0 aliphatic carbocycles. The summed E-state index contributed by atoms with van der Waals surface area (Å²) in [6.45, 7) is 7.00. The van der Waals surface area contributed by atoms with Crippen molar-refractivity contribution < 1.29 is 14.3 Å². The molecule has 1 atom stereocenters. The van der Waals surface area contributed by atoms with Crippen molar-refractivity contribution in [2.24, 2.45) is 0 Å². The van der Waals surface area contributed by atoms with Crippen molar-refractivity contribution in [3.8, 4) is 11.5 Å². The zero-order valence-electron chi connectivity index (χ0n) is 14.5. The summed E-state index contributed by atoms with van der Waals surface area (Å²) in [7, 11) is 0. The van der Waals surface area contributed by atoms with Gasteiger partial charge in [0.15, 0.2) is 11.5 Å². The first-order valence-corrected chi connectivity index (χ1v) is 8.36. The summed E-state index contributed by atoms with van der Waals surface area (Å²) in [5.41, 5.74) is 1.99. The number of amides is 1. The van der Waals surface area contributed by atoms with Crippen LogP contribution in [0.5, 0.6) is 11.5 Å². The molecular weight excluding hydrogens is 302 g/mol. The van der Waals surface area contributed by atoms with E-state index < -0.39 is 0 Å². The molecule has 0 fully saturated rings. The first-order valence-electron chi connectivity index (χ1n) is 8.36. The second-order valence-corrected chi connectivity index (χ2v) is 5.52. The highest BCUT2D eigenvalue weighted by atomic mass is 16.5. The third-order valence-corrected chi connectivity index (χ3v) is 3.65. The van der Waals surface area contributed by atoms with Gasteiger partial charge in [0.1, 0.15) is 0 Å². The van der Waals surface area contributed by atoms with Crippen LogP contribution in [0.3, 0.4) is 0 Å². The topological polar surface area (TPSA) is 47.6 Å². The van der Waals surface area contributed by atoms with Crippen LogP contribution in [0, 0.1) is 0 Å². The molecule has 2 rings (SSSR count). The van der Waals surface area contributed by atoms with Gasteiger partial charge in [-0.15, -0.1) is 0 Å². The van der Waals surface area contributed by atoms with Crippen LogP contribution in [-0.4, -0.2) is 19.1 Å². The fourth-order valence-corrected chi connectivity index (χ4v) is 2.49. The van der Waals surface area contributed by atoms with Crippen molar-refractivity contribution in [3.63, 3.8) is 0 Å². The summed E-state index contributed by atoms with van der Waals surface area (Å²) in [6.07, 6.45) is 0.376. The van der Waals surface area contributed by atoms with E-state index in [-0.39, 0.29) is 11.9 Å². The molecule has 2 aromatic carbocycles. The van der Waals surface area contributed by atoms with E-state index in [0.29, 0.717) is 25.4 Å². The molecule has 0 spiro atoms. The largest absolute Gasteiger partial charge is 0.490 e. The molecule has 2 aromatic rings. The highest BCUT2D eigenvalue weighted by Gasteiger charge is 2.13. The van der Waals surface area contributed by atoms with Gasteiger partial charge in [-0.1, -0.05) is 36.4 Å². The van der Waals surface area contributed by atoms with Crippen LogP contribution < -0.4 is 14.8 Å². The Morgan fingerprint density at radius 3 is 2.33 bits per heavy atom. The molecule has 1 N–H and O–H groups in total. The van der Waals surface area contributed by atoms with Gasteiger partial charge >= 0.3 is 0 Å². The molecule has 1 amide bonds. The van der Waals surface area contributed by atoms with E-state index in [0.717, 1.165) is 16.9 Å². The maximum absolute atomic E-state index is 12.2. The Kier molecular flexibility index (Phi) is 6.67. The Bertz CT molecular complexity index is 655. The molecule has 4 heteroatoms. The monoisotopic (exact) mass is 327 g/mol. The molecule has 24 heavy (non-hydrogen) atoms. The van der Waals surface area contributed by atoms with Crippen LogP contribution in [0.25, 0.3) is 0 Å². The average molecular weight is 327 g/mol. The van der Waals surface area contributed by atoms with E-state index >= 15 is 0 Å². The lowest BCUT2D eigenvalue weighted by atomic mass is 10.1. The third-order valence-electron chi connectivity index (χ3n) is 3.65. The minimum atomic E-state index is -0.101. The quantitative estimate of drug-likeness (QED) is 0.800. The molecule has 0 unspecified atom stereocenters. The number of carbonyl (C=O) groups is 1. The van der Waals surface area contributed by atoms with Crippen molar-refractivity contribution in [2.45, 2.75) is 33.2 Å². The molecule has 0 aliphatic heterocycles. The number of ether oxygens (including phenoxy) is 2. The van der Waals surface area contributed by atoms with Gasteiger partial charge in [-0.05, 0) is 44.0 Å². The number of hydrogen-bond donors (Lipinski definition) is 1. The molecule has 0 radical (unpaired) electrons. The molecule has 0 bridgehead atoms. The summed E-state index contributed by atoms with van der Waals surface area (Å²) < 4.78 is 11.2. The second-order valence-electron chi connectivity index (χ2n) is 5.52. The van der Waals surface area contributed by atoms with Crippen LogP contribution in [-0.2, 0) is 11.2 Å². The summed E-state index contributed by atoms with van der Waals surface area (Å²) in [5, 5.41) is 3.03. The van der Waals surface area contributed by atoms with Crippen molar-refractivity contribution >= 4 is 5.91 Å². The maximum Gasteiger partial charge on any atom is 0.224 e. The van der Waals surface area contributed by atoms with Gasteiger partial charge in [-0.2, -0.15) is 0 Å².